The first kappa shape index (κ1) is 29.3. The number of hydrogen-bond donors (Lipinski definition) is 2. The summed E-state index contributed by atoms with van der Waals surface area (Å²) in [7, 11) is -4.42. The molecular weight excluding hydrogens is 572 g/mol. The van der Waals surface area contributed by atoms with Gasteiger partial charge in [0.15, 0.2) is 0 Å². The van der Waals surface area contributed by atoms with E-state index in [2.05, 4.69) is 15.4 Å². The van der Waals surface area contributed by atoms with E-state index in [1.165, 1.54) is 12.1 Å². The molecule has 4 rings (SSSR count). The number of carbonyl (C=O) groups is 2. The normalized spacial score (nSPS) is 20.1. The zero-order chi connectivity index (χ0) is 29.7. The van der Waals surface area contributed by atoms with Crippen molar-refractivity contribution in [3.8, 4) is 5.75 Å². The van der Waals surface area contributed by atoms with Gasteiger partial charge in [0.1, 0.15) is 23.6 Å². The smallest absolute Gasteiger partial charge is 0.427 e. The van der Waals surface area contributed by atoms with Gasteiger partial charge in [0.25, 0.3) is 15.9 Å². The summed E-state index contributed by atoms with van der Waals surface area (Å²) in [6.45, 7) is 0.517. The van der Waals surface area contributed by atoms with E-state index in [1.807, 2.05) is 0 Å². The molecule has 40 heavy (non-hydrogen) atoms. The number of nitrogens with zero attached hydrogens (tertiary/aromatic N) is 1. The molecule has 1 aliphatic carbocycles. The SMILES string of the molecule is CC(C)(OC(=O)Nc1ccc2c(c1)N(S(=O)(=O)c1ccc(F)cc1)C[C@H](CNC(=O)C1CC1(F)F)O2)C(F)(F)F. The molecule has 0 aromatic heterocycles. The number of benzene rings is 2. The number of carbonyl (C=O) groups excluding carboxylic acids is 2. The van der Waals surface area contributed by atoms with Crippen LogP contribution in [0.5, 0.6) is 5.75 Å². The minimum atomic E-state index is -4.87. The fourth-order valence-corrected chi connectivity index (χ4v) is 5.22. The zero-order valence-corrected chi connectivity index (χ0v) is 21.7. The molecule has 1 saturated carbocycles. The Morgan fingerprint density at radius 2 is 1.75 bits per heavy atom. The van der Waals surface area contributed by atoms with Crippen molar-refractivity contribution in [1.29, 1.82) is 0 Å². The van der Waals surface area contributed by atoms with Crippen LogP contribution in [0.1, 0.15) is 20.3 Å². The second-order valence-electron chi connectivity index (χ2n) is 9.70. The van der Waals surface area contributed by atoms with Crippen LogP contribution in [0, 0.1) is 11.7 Å². The predicted molar refractivity (Wildman–Crippen MR) is 128 cm³/mol. The number of ether oxygens (including phenoxy) is 2. The first-order valence-corrected chi connectivity index (χ1v) is 13.2. The van der Waals surface area contributed by atoms with Crippen LogP contribution in [-0.2, 0) is 19.6 Å². The van der Waals surface area contributed by atoms with Gasteiger partial charge in [-0.1, -0.05) is 0 Å². The molecule has 1 fully saturated rings. The van der Waals surface area contributed by atoms with Crippen molar-refractivity contribution in [3.63, 3.8) is 0 Å². The largest absolute Gasteiger partial charge is 0.484 e. The summed E-state index contributed by atoms with van der Waals surface area (Å²) in [6.07, 6.45) is -7.98. The Morgan fingerprint density at radius 3 is 2.33 bits per heavy atom. The minimum Gasteiger partial charge on any atom is -0.484 e. The van der Waals surface area contributed by atoms with E-state index in [0.29, 0.717) is 13.8 Å². The number of halogens is 6. The monoisotopic (exact) mass is 595 g/mol. The predicted octanol–water partition coefficient (Wildman–Crippen LogP) is 4.44. The van der Waals surface area contributed by atoms with Crippen molar-refractivity contribution >= 4 is 33.4 Å². The van der Waals surface area contributed by atoms with E-state index < -0.39 is 70.5 Å². The Morgan fingerprint density at radius 1 is 1.12 bits per heavy atom. The molecule has 218 valence electrons. The third-order valence-electron chi connectivity index (χ3n) is 6.22. The number of alkyl halides is 5. The fourth-order valence-electron chi connectivity index (χ4n) is 3.73. The first-order valence-electron chi connectivity index (χ1n) is 11.7. The second kappa shape index (κ2) is 10.1. The van der Waals surface area contributed by atoms with Gasteiger partial charge in [-0.2, -0.15) is 13.2 Å². The number of anilines is 2. The molecule has 0 spiro atoms. The Labute approximate surface area is 224 Å². The van der Waals surface area contributed by atoms with Crippen LogP contribution in [0.15, 0.2) is 47.4 Å². The highest BCUT2D eigenvalue weighted by molar-refractivity contribution is 7.92. The third kappa shape index (κ3) is 6.05. The maximum Gasteiger partial charge on any atom is 0.427 e. The van der Waals surface area contributed by atoms with Gasteiger partial charge in [0.05, 0.1) is 23.7 Å². The molecule has 2 aromatic rings. The van der Waals surface area contributed by atoms with E-state index in [4.69, 9.17) is 4.74 Å². The topological polar surface area (TPSA) is 114 Å². The van der Waals surface area contributed by atoms with E-state index in [0.717, 1.165) is 34.6 Å². The van der Waals surface area contributed by atoms with Crippen molar-refractivity contribution in [2.75, 3.05) is 22.7 Å². The molecule has 1 heterocycles. The van der Waals surface area contributed by atoms with Crippen molar-refractivity contribution in [2.24, 2.45) is 5.92 Å². The molecule has 2 amide bonds. The Kier molecular flexibility index (Phi) is 7.36. The van der Waals surface area contributed by atoms with Crippen molar-refractivity contribution in [2.45, 2.75) is 49.0 Å². The van der Waals surface area contributed by atoms with Crippen LogP contribution in [0.25, 0.3) is 0 Å². The lowest BCUT2D eigenvalue weighted by Gasteiger charge is -2.36. The van der Waals surface area contributed by atoms with Crippen molar-refractivity contribution in [3.05, 3.63) is 48.3 Å². The molecular formula is C24H23F6N3O6S. The molecule has 2 aliphatic rings. The standard InChI is InChI=1S/C24H23F6N3O6S/c1-22(2,24(28,29)30)39-21(35)32-14-5-8-19-18(9-14)33(40(36,37)16-6-3-13(25)4-7-16)12-15(38-19)11-31-20(34)17-10-23(17,26)27/h3-9,15,17H,10-12H2,1-2H3,(H,31,34)(H,32,35)/t15-,17?/m0/s1. The van der Waals surface area contributed by atoms with Crippen LogP contribution in [-0.4, -0.2) is 57.3 Å². The van der Waals surface area contributed by atoms with Crippen molar-refractivity contribution < 1.29 is 53.8 Å². The molecule has 2 aromatic carbocycles. The number of sulfonamides is 1. The van der Waals surface area contributed by atoms with Crippen LogP contribution >= 0.6 is 0 Å². The van der Waals surface area contributed by atoms with Gasteiger partial charge >= 0.3 is 12.3 Å². The van der Waals surface area contributed by atoms with Gasteiger partial charge in [0.2, 0.25) is 11.5 Å². The van der Waals surface area contributed by atoms with E-state index >= 15 is 0 Å². The minimum absolute atomic E-state index is 0.0672. The van der Waals surface area contributed by atoms with Gasteiger partial charge in [0, 0.05) is 12.1 Å². The van der Waals surface area contributed by atoms with Gasteiger partial charge in [-0.3, -0.25) is 14.4 Å². The molecule has 0 saturated heterocycles. The highest BCUT2D eigenvalue weighted by Crippen LogP contribution is 2.48. The Bertz CT molecular complexity index is 1420. The first-order chi connectivity index (χ1) is 18.4. The van der Waals surface area contributed by atoms with E-state index in [1.54, 1.807) is 0 Å². The van der Waals surface area contributed by atoms with Gasteiger partial charge in [-0.25, -0.2) is 26.4 Å². The number of rotatable bonds is 7. The highest BCUT2D eigenvalue weighted by atomic mass is 32.2. The number of fused-ring (bicyclic) bond motifs is 1. The average molecular weight is 596 g/mol. The molecule has 9 nitrogen and oxygen atoms in total. The van der Waals surface area contributed by atoms with Crippen LogP contribution in [0.3, 0.4) is 0 Å². The molecule has 2 atom stereocenters. The van der Waals surface area contributed by atoms with Crippen molar-refractivity contribution in [1.82, 2.24) is 5.32 Å². The Balaban J connectivity index is 1.60. The highest BCUT2D eigenvalue weighted by Gasteiger charge is 2.61. The van der Waals surface area contributed by atoms with E-state index in [9.17, 15) is 44.3 Å². The molecule has 2 N–H and O–H groups in total. The summed E-state index contributed by atoms with van der Waals surface area (Å²) in [5, 5.41) is 4.41. The van der Waals surface area contributed by atoms with Crippen LogP contribution < -0.4 is 19.7 Å². The second-order valence-corrected chi connectivity index (χ2v) is 11.6. The van der Waals surface area contributed by atoms with Gasteiger partial charge in [-0.15, -0.1) is 0 Å². The fraction of sp³-hybridized carbons (Fsp3) is 0.417. The summed E-state index contributed by atoms with van der Waals surface area (Å²) >= 11 is 0. The number of nitrogens with one attached hydrogen (secondary N) is 2. The summed E-state index contributed by atoms with van der Waals surface area (Å²) in [4.78, 5) is 23.8. The maximum atomic E-state index is 13.5. The Hall–Kier alpha value is -3.69. The molecule has 0 radical (unpaired) electrons. The summed E-state index contributed by atoms with van der Waals surface area (Å²) in [5.74, 6) is -6.29. The quantitative estimate of drug-likeness (QED) is 0.458. The lowest BCUT2D eigenvalue weighted by Crippen LogP contribution is -2.48. The number of amides is 2. The van der Waals surface area contributed by atoms with Crippen LogP contribution in [0.2, 0.25) is 0 Å². The van der Waals surface area contributed by atoms with E-state index in [-0.39, 0.29) is 28.6 Å². The lowest BCUT2D eigenvalue weighted by molar-refractivity contribution is -0.242. The van der Waals surface area contributed by atoms with Gasteiger partial charge in [-0.05, 0) is 56.3 Å². The molecule has 1 unspecified atom stereocenters. The zero-order valence-electron chi connectivity index (χ0n) is 20.9. The lowest BCUT2D eigenvalue weighted by atomic mass is 10.1. The molecule has 0 bridgehead atoms. The van der Waals surface area contributed by atoms with Crippen LogP contribution in [0.4, 0.5) is 42.5 Å². The third-order valence-corrected chi connectivity index (χ3v) is 8.01. The summed E-state index contributed by atoms with van der Waals surface area (Å²) in [5.41, 5.74) is -3.12. The molecule has 1 aliphatic heterocycles. The number of hydrogen-bond acceptors (Lipinski definition) is 6. The summed E-state index contributed by atoms with van der Waals surface area (Å²) < 4.78 is 117. The van der Waals surface area contributed by atoms with Gasteiger partial charge < -0.3 is 14.8 Å². The average Bonchev–Trinajstić information content (AvgIpc) is 3.49. The molecule has 16 heteroatoms. The summed E-state index contributed by atoms with van der Waals surface area (Å²) in [6, 6.07) is 7.37. The maximum absolute atomic E-state index is 13.5.